The van der Waals surface area contributed by atoms with Gasteiger partial charge in [0.25, 0.3) is 11.5 Å². The van der Waals surface area contributed by atoms with E-state index in [-0.39, 0.29) is 30.7 Å². The maximum Gasteiger partial charge on any atom is 0.265 e. The molecule has 36 heavy (non-hydrogen) atoms. The van der Waals surface area contributed by atoms with Crippen LogP contribution in [0.3, 0.4) is 0 Å². The van der Waals surface area contributed by atoms with E-state index in [1.54, 1.807) is 13.1 Å². The number of hydrogen-bond acceptors (Lipinski definition) is 7. The number of rotatable bonds is 7. The topological polar surface area (TPSA) is 94.1 Å². The third-order valence-corrected chi connectivity index (χ3v) is 7.00. The normalized spacial score (nSPS) is 15.3. The van der Waals surface area contributed by atoms with Crippen molar-refractivity contribution in [2.75, 3.05) is 38.6 Å². The fourth-order valence-electron chi connectivity index (χ4n) is 4.98. The molecule has 10 heteroatoms. The van der Waals surface area contributed by atoms with Crippen LogP contribution in [0, 0.1) is 0 Å². The summed E-state index contributed by atoms with van der Waals surface area (Å²) in [5.74, 6) is 0.907. The summed E-state index contributed by atoms with van der Waals surface area (Å²) in [5, 5.41) is 7.38. The lowest BCUT2D eigenvalue weighted by Gasteiger charge is -2.38. The van der Waals surface area contributed by atoms with Gasteiger partial charge in [0.15, 0.2) is 11.5 Å². The molecule has 2 aliphatic rings. The zero-order valence-corrected chi connectivity index (χ0v) is 21.1. The summed E-state index contributed by atoms with van der Waals surface area (Å²) in [7, 11) is 3.16. The number of anilines is 1. The Morgan fingerprint density at radius 1 is 1.19 bits per heavy atom. The second-order valence-electron chi connectivity index (χ2n) is 8.98. The number of aryl methyl sites for hydroxylation is 1. The third-order valence-electron chi connectivity index (χ3n) is 6.76. The summed E-state index contributed by atoms with van der Waals surface area (Å²) >= 11 is 6.45. The van der Waals surface area contributed by atoms with Crippen LogP contribution in [-0.2, 0) is 18.3 Å². The molecule has 1 fully saturated rings. The number of benzene rings is 2. The van der Waals surface area contributed by atoms with Crippen molar-refractivity contribution < 1.29 is 19.0 Å². The summed E-state index contributed by atoms with van der Waals surface area (Å²) in [4.78, 5) is 29.2. The highest BCUT2D eigenvalue weighted by Crippen LogP contribution is 2.37. The maximum absolute atomic E-state index is 13.6. The minimum absolute atomic E-state index is 0.00940. The van der Waals surface area contributed by atoms with E-state index >= 15 is 0 Å². The van der Waals surface area contributed by atoms with Gasteiger partial charge in [-0.1, -0.05) is 17.7 Å². The lowest BCUT2D eigenvalue weighted by Crippen LogP contribution is -2.45. The number of carbonyl (C=O) groups is 1. The number of nitrogens with zero attached hydrogens (tertiary/aromatic N) is 2. The standard InChI is InChI=1S/C26H29ClN4O5/c1-30-20-5-4-17(27)12-19(20)24(23(26(30)33)25(32)29-14-34-2)31(18-7-9-28-10-8-18)13-16-3-6-21-22(11-16)36-15-35-21/h3-6,11-12,18,28H,7-10,13-15H2,1-2H3,(H,29,32). The van der Waals surface area contributed by atoms with E-state index in [0.717, 1.165) is 36.9 Å². The van der Waals surface area contributed by atoms with Crippen molar-refractivity contribution in [1.29, 1.82) is 0 Å². The second kappa shape index (κ2) is 10.4. The first-order valence-electron chi connectivity index (χ1n) is 11.9. The molecule has 1 saturated heterocycles. The highest BCUT2D eigenvalue weighted by atomic mass is 35.5. The average molecular weight is 513 g/mol. The van der Waals surface area contributed by atoms with Crippen molar-refractivity contribution in [1.82, 2.24) is 15.2 Å². The zero-order chi connectivity index (χ0) is 25.2. The first-order valence-corrected chi connectivity index (χ1v) is 12.3. The highest BCUT2D eigenvalue weighted by molar-refractivity contribution is 6.31. The highest BCUT2D eigenvalue weighted by Gasteiger charge is 2.31. The number of methoxy groups -OCH3 is 1. The number of hydrogen-bond donors (Lipinski definition) is 2. The Kier molecular flexibility index (Phi) is 7.04. The lowest BCUT2D eigenvalue weighted by atomic mass is 9.98. The van der Waals surface area contributed by atoms with Crippen LogP contribution in [0.1, 0.15) is 28.8 Å². The van der Waals surface area contributed by atoms with Gasteiger partial charge < -0.3 is 34.3 Å². The van der Waals surface area contributed by atoms with Crippen LogP contribution in [0.5, 0.6) is 11.5 Å². The molecule has 3 heterocycles. The smallest absolute Gasteiger partial charge is 0.265 e. The molecule has 5 rings (SSSR count). The zero-order valence-electron chi connectivity index (χ0n) is 20.3. The third kappa shape index (κ3) is 4.61. The van der Waals surface area contributed by atoms with Gasteiger partial charge in [-0.15, -0.1) is 0 Å². The number of piperidine rings is 1. The molecule has 0 spiro atoms. The Labute approximate surface area is 213 Å². The number of halogens is 1. The SMILES string of the molecule is COCNC(=O)c1c(N(Cc2ccc3c(c2)OCO3)C2CCNCC2)c2cc(Cl)ccc2n(C)c1=O. The first kappa shape index (κ1) is 24.4. The van der Waals surface area contributed by atoms with Crippen molar-refractivity contribution in [2.24, 2.45) is 7.05 Å². The van der Waals surface area contributed by atoms with Gasteiger partial charge >= 0.3 is 0 Å². The molecule has 1 aromatic heterocycles. The number of nitrogens with one attached hydrogen (secondary N) is 2. The Balaban J connectivity index is 1.72. The number of fused-ring (bicyclic) bond motifs is 2. The molecule has 3 aromatic rings. The van der Waals surface area contributed by atoms with Crippen molar-refractivity contribution >= 4 is 34.1 Å². The molecular weight excluding hydrogens is 484 g/mol. The monoisotopic (exact) mass is 512 g/mol. The van der Waals surface area contributed by atoms with Crippen molar-refractivity contribution in [3.8, 4) is 11.5 Å². The predicted octanol–water partition coefficient (Wildman–Crippen LogP) is 3.01. The molecule has 0 unspecified atom stereocenters. The minimum Gasteiger partial charge on any atom is -0.454 e. The van der Waals surface area contributed by atoms with Crippen LogP contribution < -0.4 is 30.6 Å². The number of aromatic nitrogens is 1. The van der Waals surface area contributed by atoms with Crippen molar-refractivity contribution in [3.63, 3.8) is 0 Å². The molecule has 0 radical (unpaired) electrons. The molecule has 9 nitrogen and oxygen atoms in total. The number of amides is 1. The van der Waals surface area contributed by atoms with Crippen LogP contribution in [0.15, 0.2) is 41.2 Å². The Morgan fingerprint density at radius 2 is 1.97 bits per heavy atom. The van der Waals surface area contributed by atoms with Crippen molar-refractivity contribution in [2.45, 2.75) is 25.4 Å². The average Bonchev–Trinajstić information content (AvgIpc) is 3.36. The van der Waals surface area contributed by atoms with E-state index in [9.17, 15) is 9.59 Å². The molecule has 0 aliphatic carbocycles. The molecule has 1 amide bonds. The predicted molar refractivity (Wildman–Crippen MR) is 138 cm³/mol. The molecule has 190 valence electrons. The van der Waals surface area contributed by atoms with Crippen LogP contribution in [0.25, 0.3) is 10.9 Å². The van der Waals surface area contributed by atoms with Crippen LogP contribution in [-0.4, -0.2) is 50.2 Å². The van der Waals surface area contributed by atoms with Gasteiger partial charge in [0, 0.05) is 37.2 Å². The largest absolute Gasteiger partial charge is 0.454 e. The van der Waals surface area contributed by atoms with E-state index < -0.39 is 5.91 Å². The van der Waals surface area contributed by atoms with Gasteiger partial charge in [-0.05, 0) is 61.8 Å². The first-order chi connectivity index (χ1) is 17.5. The summed E-state index contributed by atoms with van der Waals surface area (Å²) in [6.07, 6.45) is 1.72. The van der Waals surface area contributed by atoms with Gasteiger partial charge in [-0.2, -0.15) is 0 Å². The van der Waals surface area contributed by atoms with Crippen LogP contribution in [0.4, 0.5) is 5.69 Å². The fourth-order valence-corrected chi connectivity index (χ4v) is 5.15. The summed E-state index contributed by atoms with van der Waals surface area (Å²) in [5.41, 5.74) is 1.96. The lowest BCUT2D eigenvalue weighted by molar-refractivity contribution is 0.0870. The van der Waals surface area contributed by atoms with Crippen molar-refractivity contribution in [3.05, 3.63) is 62.9 Å². The van der Waals surface area contributed by atoms with Gasteiger partial charge in [0.05, 0.1) is 11.2 Å². The van der Waals surface area contributed by atoms with E-state index in [2.05, 4.69) is 15.5 Å². The van der Waals surface area contributed by atoms with E-state index in [0.29, 0.717) is 34.3 Å². The Hall–Kier alpha value is -3.27. The van der Waals surface area contributed by atoms with Gasteiger partial charge in [-0.25, -0.2) is 0 Å². The summed E-state index contributed by atoms with van der Waals surface area (Å²) in [6.45, 7) is 2.34. The summed E-state index contributed by atoms with van der Waals surface area (Å²) < 4.78 is 17.6. The molecule has 0 atom stereocenters. The number of ether oxygens (including phenoxy) is 3. The number of carbonyl (C=O) groups excluding carboxylic acids is 1. The van der Waals surface area contributed by atoms with E-state index in [1.807, 2.05) is 30.3 Å². The van der Waals surface area contributed by atoms with E-state index in [4.69, 9.17) is 25.8 Å². The van der Waals surface area contributed by atoms with Crippen LogP contribution >= 0.6 is 11.6 Å². The maximum atomic E-state index is 13.6. The Morgan fingerprint density at radius 3 is 2.75 bits per heavy atom. The Bertz CT molecular complexity index is 1350. The van der Waals surface area contributed by atoms with Gasteiger partial charge in [0.1, 0.15) is 12.3 Å². The van der Waals surface area contributed by atoms with Gasteiger partial charge in [-0.3, -0.25) is 9.59 Å². The minimum atomic E-state index is -0.487. The second-order valence-corrected chi connectivity index (χ2v) is 9.42. The quantitative estimate of drug-likeness (QED) is 0.470. The number of pyridine rings is 1. The van der Waals surface area contributed by atoms with E-state index in [1.165, 1.54) is 11.7 Å². The summed E-state index contributed by atoms with van der Waals surface area (Å²) in [6, 6.07) is 11.3. The molecular formula is C26H29ClN4O5. The molecule has 2 N–H and O–H groups in total. The molecule has 0 saturated carbocycles. The molecule has 2 aliphatic heterocycles. The fraction of sp³-hybridized carbons (Fsp3) is 0.385. The van der Waals surface area contributed by atoms with Gasteiger partial charge in [0.2, 0.25) is 6.79 Å². The molecule has 0 bridgehead atoms. The van der Waals surface area contributed by atoms with Crippen LogP contribution in [0.2, 0.25) is 5.02 Å². The molecule has 2 aromatic carbocycles.